The van der Waals surface area contributed by atoms with Crippen LogP contribution >= 0.6 is 0 Å². The van der Waals surface area contributed by atoms with Crippen molar-refractivity contribution < 1.29 is 0 Å². The summed E-state index contributed by atoms with van der Waals surface area (Å²) in [7, 11) is 2.21. The van der Waals surface area contributed by atoms with Gasteiger partial charge in [0.15, 0.2) is 0 Å². The van der Waals surface area contributed by atoms with E-state index >= 15 is 0 Å². The van der Waals surface area contributed by atoms with Crippen molar-refractivity contribution in [2.24, 2.45) is 5.92 Å². The fraction of sp³-hybridized carbons (Fsp3) is 0.533. The van der Waals surface area contributed by atoms with E-state index < -0.39 is 0 Å². The lowest BCUT2D eigenvalue weighted by molar-refractivity contribution is 0.268. The SMILES string of the molecule is CCNCC1CCN(C)C1c1cn2ccccc2n1. The van der Waals surface area contributed by atoms with E-state index in [0.717, 1.165) is 25.3 Å². The Kier molecular flexibility index (Phi) is 3.53. The topological polar surface area (TPSA) is 32.6 Å². The van der Waals surface area contributed by atoms with Crippen LogP contribution in [0.4, 0.5) is 0 Å². The van der Waals surface area contributed by atoms with Crippen LogP contribution in [0.3, 0.4) is 0 Å². The van der Waals surface area contributed by atoms with Gasteiger partial charge >= 0.3 is 0 Å². The minimum Gasteiger partial charge on any atom is -0.317 e. The van der Waals surface area contributed by atoms with Crippen LogP contribution in [0.1, 0.15) is 25.1 Å². The van der Waals surface area contributed by atoms with Crippen LogP contribution in [0.5, 0.6) is 0 Å². The summed E-state index contributed by atoms with van der Waals surface area (Å²) in [6, 6.07) is 6.60. The third-order valence-corrected chi connectivity index (χ3v) is 4.12. The Labute approximate surface area is 114 Å². The van der Waals surface area contributed by atoms with Crippen molar-refractivity contribution in [1.29, 1.82) is 0 Å². The number of hydrogen-bond donors (Lipinski definition) is 1. The Morgan fingerprint density at radius 1 is 1.42 bits per heavy atom. The molecule has 1 N–H and O–H groups in total. The minimum atomic E-state index is 0.443. The average molecular weight is 258 g/mol. The van der Waals surface area contributed by atoms with Gasteiger partial charge in [0.05, 0.1) is 11.7 Å². The van der Waals surface area contributed by atoms with E-state index in [9.17, 15) is 0 Å². The number of nitrogens with one attached hydrogen (secondary N) is 1. The van der Waals surface area contributed by atoms with Gasteiger partial charge in [0, 0.05) is 12.4 Å². The molecule has 1 aliphatic rings. The second-order valence-corrected chi connectivity index (χ2v) is 5.41. The molecule has 4 nitrogen and oxygen atoms in total. The second-order valence-electron chi connectivity index (χ2n) is 5.41. The number of nitrogens with zero attached hydrogens (tertiary/aromatic N) is 3. The molecular weight excluding hydrogens is 236 g/mol. The normalized spacial score (nSPS) is 24.3. The molecule has 0 amide bonds. The number of likely N-dealkylation sites (tertiary alicyclic amines) is 1. The van der Waals surface area contributed by atoms with Crippen molar-refractivity contribution in [2.45, 2.75) is 19.4 Å². The zero-order valence-corrected chi connectivity index (χ0v) is 11.7. The van der Waals surface area contributed by atoms with Gasteiger partial charge in [-0.15, -0.1) is 0 Å². The van der Waals surface area contributed by atoms with E-state index in [-0.39, 0.29) is 0 Å². The number of pyridine rings is 1. The van der Waals surface area contributed by atoms with Crippen molar-refractivity contribution in [3.05, 3.63) is 36.3 Å². The Morgan fingerprint density at radius 2 is 2.32 bits per heavy atom. The summed E-state index contributed by atoms with van der Waals surface area (Å²) in [5, 5.41) is 3.48. The lowest BCUT2D eigenvalue weighted by atomic mass is 9.98. The maximum absolute atomic E-state index is 4.80. The van der Waals surface area contributed by atoms with Crippen molar-refractivity contribution in [1.82, 2.24) is 19.6 Å². The zero-order chi connectivity index (χ0) is 13.2. The highest BCUT2D eigenvalue weighted by Crippen LogP contribution is 2.35. The first kappa shape index (κ1) is 12.6. The molecule has 3 heterocycles. The smallest absolute Gasteiger partial charge is 0.137 e. The van der Waals surface area contributed by atoms with E-state index in [1.807, 2.05) is 12.1 Å². The Balaban J connectivity index is 1.89. The molecule has 1 aliphatic heterocycles. The predicted octanol–water partition coefficient (Wildman–Crippen LogP) is 1.94. The molecule has 2 unspecified atom stereocenters. The molecule has 0 aliphatic carbocycles. The number of aromatic nitrogens is 2. The Bertz CT molecular complexity index is 515. The van der Waals surface area contributed by atoms with E-state index in [4.69, 9.17) is 4.98 Å². The summed E-state index contributed by atoms with van der Waals surface area (Å²) in [4.78, 5) is 7.23. The van der Waals surface area contributed by atoms with Crippen LogP contribution in [0.2, 0.25) is 0 Å². The first-order chi connectivity index (χ1) is 9.29. The molecule has 2 aromatic heterocycles. The van der Waals surface area contributed by atoms with Gasteiger partial charge in [-0.2, -0.15) is 0 Å². The molecule has 0 aromatic carbocycles. The molecule has 19 heavy (non-hydrogen) atoms. The summed E-state index contributed by atoms with van der Waals surface area (Å²) in [5.41, 5.74) is 2.24. The Hall–Kier alpha value is -1.39. The summed E-state index contributed by atoms with van der Waals surface area (Å²) < 4.78 is 2.12. The quantitative estimate of drug-likeness (QED) is 0.909. The van der Waals surface area contributed by atoms with Gasteiger partial charge in [-0.3, -0.25) is 4.90 Å². The summed E-state index contributed by atoms with van der Waals surface area (Å²) in [6.45, 7) is 5.45. The van der Waals surface area contributed by atoms with Crippen LogP contribution in [0.15, 0.2) is 30.6 Å². The van der Waals surface area contributed by atoms with E-state index in [1.54, 1.807) is 0 Å². The van der Waals surface area contributed by atoms with Crippen LogP contribution in [0.25, 0.3) is 5.65 Å². The first-order valence-corrected chi connectivity index (χ1v) is 7.14. The van der Waals surface area contributed by atoms with Crippen molar-refractivity contribution >= 4 is 5.65 Å². The molecule has 2 atom stereocenters. The molecule has 0 bridgehead atoms. The highest BCUT2D eigenvalue weighted by Gasteiger charge is 2.34. The molecule has 0 saturated carbocycles. The second kappa shape index (κ2) is 5.31. The number of imidazole rings is 1. The van der Waals surface area contributed by atoms with Gasteiger partial charge < -0.3 is 9.72 Å². The fourth-order valence-electron chi connectivity index (χ4n) is 3.13. The third kappa shape index (κ3) is 2.38. The monoisotopic (exact) mass is 258 g/mol. The van der Waals surface area contributed by atoms with Crippen LogP contribution < -0.4 is 5.32 Å². The lowest BCUT2D eigenvalue weighted by Crippen LogP contribution is -2.28. The van der Waals surface area contributed by atoms with Gasteiger partial charge in [-0.25, -0.2) is 4.98 Å². The molecule has 4 heteroatoms. The van der Waals surface area contributed by atoms with Crippen molar-refractivity contribution in [3.8, 4) is 0 Å². The lowest BCUT2D eigenvalue weighted by Gasteiger charge is -2.23. The van der Waals surface area contributed by atoms with Crippen molar-refractivity contribution in [2.75, 3.05) is 26.7 Å². The largest absolute Gasteiger partial charge is 0.317 e. The maximum atomic E-state index is 4.80. The predicted molar refractivity (Wildman–Crippen MR) is 77.2 cm³/mol. The molecule has 3 rings (SSSR count). The third-order valence-electron chi connectivity index (χ3n) is 4.12. The maximum Gasteiger partial charge on any atom is 0.137 e. The van der Waals surface area contributed by atoms with Crippen LogP contribution in [-0.2, 0) is 0 Å². The van der Waals surface area contributed by atoms with Crippen LogP contribution in [0, 0.1) is 5.92 Å². The zero-order valence-electron chi connectivity index (χ0n) is 11.7. The summed E-state index contributed by atoms with van der Waals surface area (Å²) >= 11 is 0. The molecule has 0 spiro atoms. The highest BCUT2D eigenvalue weighted by molar-refractivity contribution is 5.40. The Morgan fingerprint density at radius 3 is 3.11 bits per heavy atom. The van der Waals surface area contributed by atoms with Gasteiger partial charge in [-0.05, 0) is 51.2 Å². The van der Waals surface area contributed by atoms with E-state index in [2.05, 4.69) is 47.0 Å². The molecular formula is C15H22N4. The van der Waals surface area contributed by atoms with Gasteiger partial charge in [-0.1, -0.05) is 13.0 Å². The van der Waals surface area contributed by atoms with E-state index in [0.29, 0.717) is 12.0 Å². The molecule has 0 radical (unpaired) electrons. The van der Waals surface area contributed by atoms with Gasteiger partial charge in [0.25, 0.3) is 0 Å². The summed E-state index contributed by atoms with van der Waals surface area (Å²) in [6.07, 6.45) is 5.50. The van der Waals surface area contributed by atoms with Gasteiger partial charge in [0.1, 0.15) is 5.65 Å². The van der Waals surface area contributed by atoms with Crippen molar-refractivity contribution in [3.63, 3.8) is 0 Å². The fourth-order valence-corrected chi connectivity index (χ4v) is 3.13. The first-order valence-electron chi connectivity index (χ1n) is 7.14. The molecule has 1 saturated heterocycles. The number of fused-ring (bicyclic) bond motifs is 1. The molecule has 102 valence electrons. The number of hydrogen-bond acceptors (Lipinski definition) is 3. The van der Waals surface area contributed by atoms with Gasteiger partial charge in [0.2, 0.25) is 0 Å². The minimum absolute atomic E-state index is 0.443. The standard InChI is InChI=1S/C15H22N4/c1-3-16-10-12-7-9-18(2)15(12)13-11-19-8-5-4-6-14(19)17-13/h4-6,8,11-12,15-16H,3,7,9-10H2,1-2H3. The summed E-state index contributed by atoms with van der Waals surface area (Å²) in [5.74, 6) is 0.662. The highest BCUT2D eigenvalue weighted by atomic mass is 15.2. The average Bonchev–Trinajstić information content (AvgIpc) is 2.99. The van der Waals surface area contributed by atoms with Crippen LogP contribution in [-0.4, -0.2) is 41.0 Å². The number of rotatable bonds is 4. The molecule has 2 aromatic rings. The van der Waals surface area contributed by atoms with E-state index in [1.165, 1.54) is 12.1 Å². The molecule has 1 fully saturated rings.